The minimum absolute atomic E-state index is 0. The van der Waals surface area contributed by atoms with Crippen molar-refractivity contribution in [2.45, 2.75) is 12.6 Å². The van der Waals surface area contributed by atoms with Crippen LogP contribution in [0.25, 0.3) is 0 Å². The standard InChI is InChI=1S/C21H26FN5O3.HI/c1-23-21(24-14-17-4-2-3-5-19(17)27(28)29)25-15-20(26-10-12-30-13-11-26)16-6-8-18(22)9-7-16;/h2-9,20H,10-15H2,1H3,(H2,23,24,25);1H. The number of hydrogen-bond acceptors (Lipinski definition) is 5. The van der Waals surface area contributed by atoms with Crippen LogP contribution in [0, 0.1) is 15.9 Å². The van der Waals surface area contributed by atoms with Gasteiger partial charge in [-0.15, -0.1) is 24.0 Å². The van der Waals surface area contributed by atoms with Gasteiger partial charge in [-0.05, 0) is 17.7 Å². The van der Waals surface area contributed by atoms with Crippen molar-refractivity contribution in [3.8, 4) is 0 Å². The molecule has 168 valence electrons. The van der Waals surface area contributed by atoms with Crippen molar-refractivity contribution < 1.29 is 14.1 Å². The molecule has 0 aromatic heterocycles. The molecule has 31 heavy (non-hydrogen) atoms. The number of nitro benzene ring substituents is 1. The Morgan fingerprint density at radius 3 is 2.52 bits per heavy atom. The molecule has 0 saturated carbocycles. The Morgan fingerprint density at radius 2 is 1.87 bits per heavy atom. The van der Waals surface area contributed by atoms with Crippen LogP contribution in [0.1, 0.15) is 17.2 Å². The summed E-state index contributed by atoms with van der Waals surface area (Å²) in [5.41, 5.74) is 1.65. The first-order valence-electron chi connectivity index (χ1n) is 9.82. The third-order valence-corrected chi connectivity index (χ3v) is 5.06. The summed E-state index contributed by atoms with van der Waals surface area (Å²) in [6.07, 6.45) is 0. The van der Waals surface area contributed by atoms with Gasteiger partial charge >= 0.3 is 0 Å². The number of nitro groups is 1. The predicted octanol–water partition coefficient (Wildman–Crippen LogP) is 3.09. The van der Waals surface area contributed by atoms with Gasteiger partial charge in [0.05, 0.1) is 24.2 Å². The average Bonchev–Trinajstić information content (AvgIpc) is 2.78. The zero-order valence-corrected chi connectivity index (χ0v) is 19.6. The second-order valence-corrected chi connectivity index (χ2v) is 6.91. The molecule has 1 aliphatic rings. The van der Waals surface area contributed by atoms with E-state index in [9.17, 15) is 14.5 Å². The highest BCUT2D eigenvalue weighted by atomic mass is 127. The Balaban J connectivity index is 0.00000341. The van der Waals surface area contributed by atoms with Crippen LogP contribution < -0.4 is 10.6 Å². The molecule has 0 amide bonds. The first-order valence-corrected chi connectivity index (χ1v) is 9.82. The number of nitrogens with one attached hydrogen (secondary N) is 2. The fraction of sp³-hybridized carbons (Fsp3) is 0.381. The molecule has 0 spiro atoms. The van der Waals surface area contributed by atoms with Crippen LogP contribution in [0.4, 0.5) is 10.1 Å². The van der Waals surface area contributed by atoms with Crippen molar-refractivity contribution in [2.24, 2.45) is 4.99 Å². The van der Waals surface area contributed by atoms with Gasteiger partial charge in [-0.2, -0.15) is 0 Å². The minimum atomic E-state index is -0.393. The van der Waals surface area contributed by atoms with Crippen LogP contribution in [0.3, 0.4) is 0 Å². The van der Waals surface area contributed by atoms with Gasteiger partial charge in [-0.25, -0.2) is 4.39 Å². The normalized spacial score (nSPS) is 15.6. The molecule has 2 N–H and O–H groups in total. The fourth-order valence-corrected chi connectivity index (χ4v) is 3.46. The zero-order chi connectivity index (χ0) is 21.3. The maximum absolute atomic E-state index is 13.4. The van der Waals surface area contributed by atoms with Crippen molar-refractivity contribution in [3.05, 3.63) is 75.6 Å². The lowest BCUT2D eigenvalue weighted by Gasteiger charge is -2.35. The largest absolute Gasteiger partial charge is 0.379 e. The van der Waals surface area contributed by atoms with Gasteiger partial charge in [-0.3, -0.25) is 20.0 Å². The summed E-state index contributed by atoms with van der Waals surface area (Å²) >= 11 is 0. The molecule has 1 aliphatic heterocycles. The van der Waals surface area contributed by atoms with E-state index >= 15 is 0 Å². The molecule has 0 radical (unpaired) electrons. The molecule has 1 atom stereocenters. The highest BCUT2D eigenvalue weighted by Gasteiger charge is 2.23. The Labute approximate surface area is 198 Å². The van der Waals surface area contributed by atoms with Gasteiger partial charge in [0.2, 0.25) is 0 Å². The summed E-state index contributed by atoms with van der Waals surface area (Å²) in [5.74, 6) is 0.267. The third-order valence-electron chi connectivity index (χ3n) is 5.06. The van der Waals surface area contributed by atoms with E-state index in [4.69, 9.17) is 4.74 Å². The number of aliphatic imine (C=N–C) groups is 1. The van der Waals surface area contributed by atoms with E-state index in [1.54, 1.807) is 37.4 Å². The topological polar surface area (TPSA) is 92.0 Å². The van der Waals surface area contributed by atoms with Crippen LogP contribution in [0.15, 0.2) is 53.5 Å². The van der Waals surface area contributed by atoms with Crippen LogP contribution in [0.2, 0.25) is 0 Å². The zero-order valence-electron chi connectivity index (χ0n) is 17.3. The first-order chi connectivity index (χ1) is 14.6. The van der Waals surface area contributed by atoms with Crippen molar-refractivity contribution in [3.63, 3.8) is 0 Å². The van der Waals surface area contributed by atoms with E-state index in [0.29, 0.717) is 31.3 Å². The number of rotatable bonds is 7. The van der Waals surface area contributed by atoms with Crippen molar-refractivity contribution in [1.29, 1.82) is 0 Å². The SMILES string of the molecule is CN=C(NCc1ccccc1[N+](=O)[O-])NCC(c1ccc(F)cc1)N1CCOCC1.I. The van der Waals surface area contributed by atoms with E-state index in [2.05, 4.69) is 20.5 Å². The molecule has 1 saturated heterocycles. The second kappa shape index (κ2) is 12.5. The molecule has 1 heterocycles. The molecule has 8 nitrogen and oxygen atoms in total. The molecular weight excluding hydrogens is 516 g/mol. The lowest BCUT2D eigenvalue weighted by Crippen LogP contribution is -2.46. The monoisotopic (exact) mass is 543 g/mol. The summed E-state index contributed by atoms with van der Waals surface area (Å²) in [6.45, 7) is 3.69. The number of benzene rings is 2. The number of halogens is 2. The highest BCUT2D eigenvalue weighted by Crippen LogP contribution is 2.22. The van der Waals surface area contributed by atoms with Crippen LogP contribution in [-0.2, 0) is 11.3 Å². The molecule has 0 bridgehead atoms. The van der Waals surface area contributed by atoms with Gasteiger partial charge in [0.15, 0.2) is 5.96 Å². The van der Waals surface area contributed by atoms with Crippen LogP contribution in [0.5, 0.6) is 0 Å². The third kappa shape index (κ3) is 7.11. The van der Waals surface area contributed by atoms with Gasteiger partial charge in [-0.1, -0.05) is 30.3 Å². The summed E-state index contributed by atoms with van der Waals surface area (Å²) in [7, 11) is 1.65. The molecule has 3 rings (SSSR count). The maximum atomic E-state index is 13.4. The van der Waals surface area contributed by atoms with E-state index in [0.717, 1.165) is 18.7 Å². The number of para-hydroxylation sites is 1. The maximum Gasteiger partial charge on any atom is 0.274 e. The predicted molar refractivity (Wildman–Crippen MR) is 128 cm³/mol. The van der Waals surface area contributed by atoms with E-state index in [-0.39, 0.29) is 48.1 Å². The summed E-state index contributed by atoms with van der Waals surface area (Å²) in [5, 5.41) is 17.6. The smallest absolute Gasteiger partial charge is 0.274 e. The minimum Gasteiger partial charge on any atom is -0.379 e. The van der Waals surface area contributed by atoms with E-state index < -0.39 is 4.92 Å². The van der Waals surface area contributed by atoms with Gasteiger partial charge in [0.1, 0.15) is 5.82 Å². The average molecular weight is 543 g/mol. The fourth-order valence-electron chi connectivity index (χ4n) is 3.46. The Kier molecular flexibility index (Phi) is 10.1. The molecule has 2 aromatic carbocycles. The highest BCUT2D eigenvalue weighted by molar-refractivity contribution is 14.0. The Hall–Kier alpha value is -2.31. The molecule has 10 heteroatoms. The van der Waals surface area contributed by atoms with Crippen molar-refractivity contribution in [2.75, 3.05) is 39.9 Å². The number of nitrogens with zero attached hydrogens (tertiary/aromatic N) is 3. The summed E-state index contributed by atoms with van der Waals surface area (Å²) < 4.78 is 18.8. The number of morpholine rings is 1. The summed E-state index contributed by atoms with van der Waals surface area (Å²) in [4.78, 5) is 17.3. The van der Waals surface area contributed by atoms with Crippen LogP contribution in [-0.4, -0.2) is 55.7 Å². The molecular formula is C21H27FIN5O3. The van der Waals surface area contributed by atoms with Gasteiger partial charge < -0.3 is 15.4 Å². The second-order valence-electron chi connectivity index (χ2n) is 6.91. The number of ether oxygens (including phenoxy) is 1. The molecule has 1 unspecified atom stereocenters. The molecule has 0 aliphatic carbocycles. The number of guanidine groups is 1. The Morgan fingerprint density at radius 1 is 1.19 bits per heavy atom. The Bertz CT molecular complexity index is 876. The van der Waals surface area contributed by atoms with E-state index in [1.165, 1.54) is 18.2 Å². The van der Waals surface area contributed by atoms with Crippen molar-refractivity contribution in [1.82, 2.24) is 15.5 Å². The van der Waals surface area contributed by atoms with Crippen LogP contribution >= 0.6 is 24.0 Å². The van der Waals surface area contributed by atoms with Gasteiger partial charge in [0, 0.05) is 44.9 Å². The lowest BCUT2D eigenvalue weighted by atomic mass is 10.0. The summed E-state index contributed by atoms with van der Waals surface area (Å²) in [6, 6.07) is 13.1. The number of hydrogen-bond donors (Lipinski definition) is 2. The quantitative estimate of drug-likeness (QED) is 0.184. The van der Waals surface area contributed by atoms with Crippen molar-refractivity contribution >= 4 is 35.6 Å². The lowest BCUT2D eigenvalue weighted by molar-refractivity contribution is -0.385. The van der Waals surface area contributed by atoms with Gasteiger partial charge in [0.25, 0.3) is 5.69 Å². The van der Waals surface area contributed by atoms with E-state index in [1.807, 2.05) is 0 Å². The first kappa shape index (κ1) is 25.0. The molecule has 1 fully saturated rings. The molecule has 2 aromatic rings.